The Morgan fingerprint density at radius 3 is 2.52 bits per heavy atom. The Bertz CT molecular complexity index is 610. The molecule has 0 bridgehead atoms. The van der Waals surface area contributed by atoms with Crippen molar-refractivity contribution in [1.29, 1.82) is 0 Å². The second-order valence-electron chi connectivity index (χ2n) is 4.03. The number of rotatable bonds is 5. The van der Waals surface area contributed by atoms with E-state index in [2.05, 4.69) is 32.4 Å². The van der Waals surface area contributed by atoms with E-state index in [9.17, 15) is 13.2 Å². The number of hydrogen-bond acceptors (Lipinski definition) is 5. The maximum absolute atomic E-state index is 12.4. The van der Waals surface area contributed by atoms with Gasteiger partial charge < -0.3 is 10.6 Å². The first kappa shape index (κ1) is 14.8. The molecule has 110 valence electrons. The number of aromatic nitrogens is 3. The Hall–Kier alpha value is -2.64. The quantitative estimate of drug-likeness (QED) is 0.829. The summed E-state index contributed by atoms with van der Waals surface area (Å²) in [5, 5.41) is 13.2. The summed E-state index contributed by atoms with van der Waals surface area (Å²) in [6.07, 6.45) is -1.27. The lowest BCUT2D eigenvalue weighted by Gasteiger charge is -2.09. The van der Waals surface area contributed by atoms with Gasteiger partial charge in [-0.15, -0.1) is 11.7 Å². The van der Waals surface area contributed by atoms with E-state index in [1.165, 1.54) is 18.3 Å². The average Bonchev–Trinajstić information content (AvgIpc) is 2.45. The predicted molar refractivity (Wildman–Crippen MR) is 73.2 cm³/mol. The van der Waals surface area contributed by atoms with Crippen molar-refractivity contribution in [1.82, 2.24) is 15.2 Å². The minimum atomic E-state index is -4.36. The van der Waals surface area contributed by atoms with E-state index in [1.54, 1.807) is 6.08 Å². The van der Waals surface area contributed by atoms with Gasteiger partial charge in [-0.1, -0.05) is 6.08 Å². The molecule has 0 aliphatic heterocycles. The molecule has 1 heterocycles. The summed E-state index contributed by atoms with van der Waals surface area (Å²) in [5.41, 5.74) is -0.279. The van der Waals surface area contributed by atoms with Crippen molar-refractivity contribution >= 4 is 17.5 Å². The van der Waals surface area contributed by atoms with Crippen LogP contribution in [0.5, 0.6) is 0 Å². The summed E-state index contributed by atoms with van der Waals surface area (Å²) in [4.78, 5) is 4.11. The maximum Gasteiger partial charge on any atom is 0.416 e. The van der Waals surface area contributed by atoms with Gasteiger partial charge in [-0.2, -0.15) is 23.3 Å². The fraction of sp³-hybridized carbons (Fsp3) is 0.154. The molecule has 1 aromatic heterocycles. The molecular formula is C13H12F3N5. The van der Waals surface area contributed by atoms with Gasteiger partial charge in [0.05, 0.1) is 11.8 Å². The molecule has 0 saturated carbocycles. The Morgan fingerprint density at radius 1 is 1.19 bits per heavy atom. The molecule has 0 unspecified atom stereocenters. The van der Waals surface area contributed by atoms with Crippen LogP contribution in [0.2, 0.25) is 0 Å². The number of anilines is 3. The number of hydrogen-bond donors (Lipinski definition) is 2. The van der Waals surface area contributed by atoms with E-state index in [4.69, 9.17) is 0 Å². The third-order valence-corrected chi connectivity index (χ3v) is 2.45. The molecule has 1 aromatic carbocycles. The SMILES string of the molecule is C=CCNc1cnnc(Nc2ccc(C(F)(F)F)cc2)n1. The summed E-state index contributed by atoms with van der Waals surface area (Å²) in [6.45, 7) is 4.07. The molecule has 21 heavy (non-hydrogen) atoms. The van der Waals surface area contributed by atoms with Gasteiger partial charge in [-0.25, -0.2) is 0 Å². The Kier molecular flexibility index (Phi) is 4.36. The monoisotopic (exact) mass is 295 g/mol. The molecule has 2 rings (SSSR count). The van der Waals surface area contributed by atoms with Gasteiger partial charge in [0.2, 0.25) is 5.95 Å². The molecule has 0 saturated heterocycles. The van der Waals surface area contributed by atoms with Crippen LogP contribution in [0.25, 0.3) is 0 Å². The van der Waals surface area contributed by atoms with Gasteiger partial charge in [-0.05, 0) is 24.3 Å². The van der Waals surface area contributed by atoms with E-state index < -0.39 is 11.7 Å². The molecule has 2 N–H and O–H groups in total. The van der Waals surface area contributed by atoms with Crippen molar-refractivity contribution < 1.29 is 13.2 Å². The van der Waals surface area contributed by atoms with Crippen LogP contribution in [0.15, 0.2) is 43.1 Å². The number of nitrogens with zero attached hydrogens (tertiary/aromatic N) is 3. The summed E-state index contributed by atoms with van der Waals surface area (Å²) in [7, 11) is 0. The van der Waals surface area contributed by atoms with Gasteiger partial charge in [0.15, 0.2) is 5.82 Å². The fourth-order valence-corrected chi connectivity index (χ4v) is 1.49. The van der Waals surface area contributed by atoms with E-state index in [-0.39, 0.29) is 5.95 Å². The summed E-state index contributed by atoms with van der Waals surface area (Å²) in [5.74, 6) is 0.670. The second kappa shape index (κ2) is 6.21. The first-order valence-electron chi connectivity index (χ1n) is 5.98. The van der Waals surface area contributed by atoms with Crippen LogP contribution in [0, 0.1) is 0 Å². The normalized spacial score (nSPS) is 11.0. The van der Waals surface area contributed by atoms with Gasteiger partial charge >= 0.3 is 6.18 Å². The fourth-order valence-electron chi connectivity index (χ4n) is 1.49. The van der Waals surface area contributed by atoms with E-state index in [1.807, 2.05) is 0 Å². The largest absolute Gasteiger partial charge is 0.416 e. The van der Waals surface area contributed by atoms with Crippen molar-refractivity contribution in [3.63, 3.8) is 0 Å². The molecule has 0 atom stereocenters. The van der Waals surface area contributed by atoms with Crippen molar-refractivity contribution in [2.24, 2.45) is 0 Å². The Balaban J connectivity index is 2.09. The Morgan fingerprint density at radius 2 is 1.90 bits per heavy atom. The van der Waals surface area contributed by atoms with Crippen LogP contribution >= 0.6 is 0 Å². The van der Waals surface area contributed by atoms with Crippen molar-refractivity contribution in [2.75, 3.05) is 17.2 Å². The lowest BCUT2D eigenvalue weighted by atomic mass is 10.2. The van der Waals surface area contributed by atoms with E-state index >= 15 is 0 Å². The Labute approximate surface area is 118 Å². The zero-order valence-corrected chi connectivity index (χ0v) is 10.9. The van der Waals surface area contributed by atoms with Crippen LogP contribution in [0.4, 0.5) is 30.6 Å². The molecule has 0 spiro atoms. The molecule has 2 aromatic rings. The van der Waals surface area contributed by atoms with Crippen LogP contribution < -0.4 is 10.6 Å². The molecule has 0 fully saturated rings. The standard InChI is InChI=1S/C13H12F3N5/c1-2-7-17-11-8-18-21-12(20-11)19-10-5-3-9(4-6-10)13(14,15)16/h2-6,8H,1,7H2,(H2,17,19,20,21). The van der Waals surface area contributed by atoms with Crippen LogP contribution in [0.3, 0.4) is 0 Å². The summed E-state index contributed by atoms with van der Waals surface area (Å²) in [6, 6.07) is 4.57. The van der Waals surface area contributed by atoms with Gasteiger partial charge in [0.1, 0.15) is 0 Å². The molecule has 0 aliphatic carbocycles. The lowest BCUT2D eigenvalue weighted by molar-refractivity contribution is -0.137. The van der Waals surface area contributed by atoms with E-state index in [0.29, 0.717) is 18.1 Å². The maximum atomic E-state index is 12.4. The molecule has 0 amide bonds. The first-order chi connectivity index (χ1) is 9.99. The topological polar surface area (TPSA) is 62.7 Å². The minimum absolute atomic E-state index is 0.184. The van der Waals surface area contributed by atoms with Crippen LogP contribution in [-0.4, -0.2) is 21.7 Å². The van der Waals surface area contributed by atoms with Crippen molar-refractivity contribution in [2.45, 2.75) is 6.18 Å². The number of nitrogens with one attached hydrogen (secondary N) is 2. The third-order valence-electron chi connectivity index (χ3n) is 2.45. The predicted octanol–water partition coefficient (Wildman–Crippen LogP) is 3.23. The van der Waals surface area contributed by atoms with Crippen molar-refractivity contribution in [3.05, 3.63) is 48.7 Å². The smallest absolute Gasteiger partial charge is 0.365 e. The highest BCUT2D eigenvalue weighted by atomic mass is 19.4. The molecule has 0 aliphatic rings. The number of alkyl halides is 3. The third kappa shape index (κ3) is 4.16. The van der Waals surface area contributed by atoms with Gasteiger partial charge in [0, 0.05) is 12.2 Å². The highest BCUT2D eigenvalue weighted by molar-refractivity contribution is 5.54. The average molecular weight is 295 g/mol. The molecule has 5 nitrogen and oxygen atoms in total. The zero-order chi connectivity index (χ0) is 15.3. The minimum Gasteiger partial charge on any atom is -0.365 e. The zero-order valence-electron chi connectivity index (χ0n) is 10.9. The highest BCUT2D eigenvalue weighted by Crippen LogP contribution is 2.30. The number of benzene rings is 1. The first-order valence-corrected chi connectivity index (χ1v) is 5.98. The summed E-state index contributed by atoms with van der Waals surface area (Å²) < 4.78 is 37.3. The molecular weight excluding hydrogens is 283 g/mol. The highest BCUT2D eigenvalue weighted by Gasteiger charge is 2.29. The molecule has 0 radical (unpaired) electrons. The van der Waals surface area contributed by atoms with E-state index in [0.717, 1.165) is 12.1 Å². The van der Waals surface area contributed by atoms with Crippen molar-refractivity contribution in [3.8, 4) is 0 Å². The van der Waals surface area contributed by atoms with Gasteiger partial charge in [-0.3, -0.25) is 0 Å². The van der Waals surface area contributed by atoms with Crippen LogP contribution in [-0.2, 0) is 6.18 Å². The second-order valence-corrected chi connectivity index (χ2v) is 4.03. The number of halogens is 3. The lowest BCUT2D eigenvalue weighted by Crippen LogP contribution is -2.06. The molecule has 8 heteroatoms. The summed E-state index contributed by atoms with van der Waals surface area (Å²) >= 11 is 0. The van der Waals surface area contributed by atoms with Crippen LogP contribution in [0.1, 0.15) is 5.56 Å². The van der Waals surface area contributed by atoms with Gasteiger partial charge in [0.25, 0.3) is 0 Å².